The first-order valence-electron chi connectivity index (χ1n) is 7.55. The van der Waals surface area contributed by atoms with Gasteiger partial charge in [-0.1, -0.05) is 12.1 Å². The zero-order valence-corrected chi connectivity index (χ0v) is 15.2. The number of aliphatic imine (C=N–C) groups is 1. The minimum atomic E-state index is 0. The molecule has 0 unspecified atom stereocenters. The van der Waals surface area contributed by atoms with Gasteiger partial charge >= 0.3 is 0 Å². The van der Waals surface area contributed by atoms with Crippen LogP contribution in [-0.2, 0) is 6.54 Å². The van der Waals surface area contributed by atoms with E-state index >= 15 is 0 Å². The van der Waals surface area contributed by atoms with E-state index in [0.29, 0.717) is 13.2 Å². The Hall–Kier alpha value is -0.980. The predicted octanol–water partition coefficient (Wildman–Crippen LogP) is 3.17. The van der Waals surface area contributed by atoms with Crippen molar-refractivity contribution in [2.45, 2.75) is 33.2 Å². The average Bonchev–Trinajstić information content (AvgIpc) is 3.27. The summed E-state index contributed by atoms with van der Waals surface area (Å²) in [6.07, 6.45) is 2.70. The molecule has 0 amide bonds. The van der Waals surface area contributed by atoms with Gasteiger partial charge in [0.1, 0.15) is 5.75 Å². The van der Waals surface area contributed by atoms with Crippen molar-refractivity contribution in [3.05, 3.63) is 29.8 Å². The van der Waals surface area contributed by atoms with Crippen LogP contribution in [0.5, 0.6) is 5.75 Å². The Kier molecular flexibility index (Phi) is 8.49. The Morgan fingerprint density at radius 3 is 2.76 bits per heavy atom. The summed E-state index contributed by atoms with van der Waals surface area (Å²) in [6.45, 7) is 7.36. The third-order valence-electron chi connectivity index (χ3n) is 3.23. The van der Waals surface area contributed by atoms with Gasteiger partial charge in [-0.05, 0) is 50.3 Å². The van der Waals surface area contributed by atoms with E-state index in [1.165, 1.54) is 18.4 Å². The molecule has 5 heteroatoms. The van der Waals surface area contributed by atoms with E-state index in [1.807, 2.05) is 19.1 Å². The lowest BCUT2D eigenvalue weighted by Crippen LogP contribution is -2.38. The number of halogens is 1. The first kappa shape index (κ1) is 18.1. The zero-order chi connectivity index (χ0) is 14.2. The maximum absolute atomic E-state index is 5.51. The third kappa shape index (κ3) is 7.02. The Morgan fingerprint density at radius 2 is 2.10 bits per heavy atom. The SMILES string of the molecule is CCNC(=NCc1cccc(OCC)c1)NCC1CC1.I. The fourth-order valence-electron chi connectivity index (χ4n) is 1.98. The number of nitrogens with one attached hydrogen (secondary N) is 2. The second-order valence-corrected chi connectivity index (χ2v) is 5.10. The minimum absolute atomic E-state index is 0. The molecule has 1 aliphatic carbocycles. The summed E-state index contributed by atoms with van der Waals surface area (Å²) in [7, 11) is 0. The van der Waals surface area contributed by atoms with Gasteiger partial charge in [-0.15, -0.1) is 24.0 Å². The highest BCUT2D eigenvalue weighted by Gasteiger charge is 2.20. The standard InChI is InChI=1S/C16H25N3O.HI/c1-3-17-16(18-11-13-8-9-13)19-12-14-6-5-7-15(10-14)20-4-2;/h5-7,10,13H,3-4,8-9,11-12H2,1-2H3,(H2,17,18,19);1H. The Morgan fingerprint density at radius 1 is 1.29 bits per heavy atom. The summed E-state index contributed by atoms with van der Waals surface area (Å²) in [5.41, 5.74) is 1.17. The Labute approximate surface area is 144 Å². The summed E-state index contributed by atoms with van der Waals surface area (Å²) in [4.78, 5) is 4.62. The third-order valence-corrected chi connectivity index (χ3v) is 3.23. The first-order valence-corrected chi connectivity index (χ1v) is 7.55. The van der Waals surface area contributed by atoms with Crippen molar-refractivity contribution in [1.82, 2.24) is 10.6 Å². The second-order valence-electron chi connectivity index (χ2n) is 5.10. The van der Waals surface area contributed by atoms with E-state index in [0.717, 1.165) is 30.7 Å². The molecule has 118 valence electrons. The van der Waals surface area contributed by atoms with Crippen molar-refractivity contribution < 1.29 is 4.74 Å². The van der Waals surface area contributed by atoms with Crippen molar-refractivity contribution in [2.24, 2.45) is 10.9 Å². The molecule has 0 aromatic heterocycles. The largest absolute Gasteiger partial charge is 0.494 e. The molecule has 1 fully saturated rings. The van der Waals surface area contributed by atoms with Crippen LogP contribution in [0, 0.1) is 5.92 Å². The van der Waals surface area contributed by atoms with Crippen molar-refractivity contribution >= 4 is 29.9 Å². The van der Waals surface area contributed by atoms with E-state index < -0.39 is 0 Å². The molecule has 0 saturated heterocycles. The highest BCUT2D eigenvalue weighted by Crippen LogP contribution is 2.27. The van der Waals surface area contributed by atoms with Gasteiger partial charge in [0.05, 0.1) is 13.2 Å². The number of hydrogen-bond acceptors (Lipinski definition) is 2. The van der Waals surface area contributed by atoms with Crippen LogP contribution in [0.25, 0.3) is 0 Å². The van der Waals surface area contributed by atoms with Crippen molar-refractivity contribution in [3.63, 3.8) is 0 Å². The maximum atomic E-state index is 5.51. The summed E-state index contributed by atoms with van der Waals surface area (Å²) < 4.78 is 5.51. The van der Waals surface area contributed by atoms with Gasteiger partial charge in [0.15, 0.2) is 5.96 Å². The number of benzene rings is 1. The lowest BCUT2D eigenvalue weighted by molar-refractivity contribution is 0.340. The normalized spacial score (nSPS) is 14.3. The van der Waals surface area contributed by atoms with Gasteiger partial charge in [0, 0.05) is 13.1 Å². The molecule has 0 bridgehead atoms. The van der Waals surface area contributed by atoms with Gasteiger partial charge in [-0.25, -0.2) is 4.99 Å². The van der Waals surface area contributed by atoms with Gasteiger partial charge in [0.2, 0.25) is 0 Å². The molecule has 1 aliphatic rings. The van der Waals surface area contributed by atoms with Crippen molar-refractivity contribution in [2.75, 3.05) is 19.7 Å². The van der Waals surface area contributed by atoms with E-state index in [2.05, 4.69) is 34.7 Å². The molecule has 0 aliphatic heterocycles. The van der Waals surface area contributed by atoms with Gasteiger partial charge < -0.3 is 15.4 Å². The summed E-state index contributed by atoms with van der Waals surface area (Å²) in [5.74, 6) is 2.66. The molecule has 21 heavy (non-hydrogen) atoms. The molecule has 1 saturated carbocycles. The van der Waals surface area contributed by atoms with Crippen LogP contribution >= 0.6 is 24.0 Å². The molecule has 1 aromatic carbocycles. The number of ether oxygens (including phenoxy) is 1. The highest BCUT2D eigenvalue weighted by molar-refractivity contribution is 14.0. The Bertz CT molecular complexity index is 447. The predicted molar refractivity (Wildman–Crippen MR) is 98.6 cm³/mol. The van der Waals surface area contributed by atoms with Crippen LogP contribution in [0.4, 0.5) is 0 Å². The van der Waals surface area contributed by atoms with Gasteiger partial charge in [-0.2, -0.15) is 0 Å². The summed E-state index contributed by atoms with van der Waals surface area (Å²) >= 11 is 0. The fourth-order valence-corrected chi connectivity index (χ4v) is 1.98. The Balaban J connectivity index is 0.00000220. The number of guanidine groups is 1. The van der Waals surface area contributed by atoms with Crippen LogP contribution in [0.3, 0.4) is 0 Å². The smallest absolute Gasteiger partial charge is 0.191 e. The lowest BCUT2D eigenvalue weighted by Gasteiger charge is -2.11. The zero-order valence-electron chi connectivity index (χ0n) is 12.9. The van der Waals surface area contributed by atoms with Crippen LogP contribution in [0.2, 0.25) is 0 Å². The van der Waals surface area contributed by atoms with Gasteiger partial charge in [-0.3, -0.25) is 0 Å². The molecule has 0 atom stereocenters. The monoisotopic (exact) mass is 403 g/mol. The minimum Gasteiger partial charge on any atom is -0.494 e. The summed E-state index contributed by atoms with van der Waals surface area (Å²) in [6, 6.07) is 8.13. The van der Waals surface area contributed by atoms with E-state index in [1.54, 1.807) is 0 Å². The van der Waals surface area contributed by atoms with E-state index in [9.17, 15) is 0 Å². The molecular weight excluding hydrogens is 377 g/mol. The first-order chi connectivity index (χ1) is 9.81. The molecule has 0 heterocycles. The molecule has 2 rings (SSSR count). The number of hydrogen-bond donors (Lipinski definition) is 2. The number of nitrogens with zero attached hydrogens (tertiary/aromatic N) is 1. The molecule has 0 radical (unpaired) electrons. The number of rotatable bonds is 7. The second kappa shape index (κ2) is 9.87. The van der Waals surface area contributed by atoms with Crippen molar-refractivity contribution in [1.29, 1.82) is 0 Å². The van der Waals surface area contributed by atoms with E-state index in [-0.39, 0.29) is 24.0 Å². The van der Waals surface area contributed by atoms with Gasteiger partial charge in [0.25, 0.3) is 0 Å². The van der Waals surface area contributed by atoms with Crippen molar-refractivity contribution in [3.8, 4) is 5.75 Å². The molecule has 2 N–H and O–H groups in total. The lowest BCUT2D eigenvalue weighted by atomic mass is 10.2. The van der Waals surface area contributed by atoms with Crippen LogP contribution < -0.4 is 15.4 Å². The molecule has 4 nitrogen and oxygen atoms in total. The van der Waals surface area contributed by atoms with Crippen LogP contribution in [-0.4, -0.2) is 25.7 Å². The molecule has 1 aromatic rings. The summed E-state index contributed by atoms with van der Waals surface area (Å²) in [5, 5.41) is 6.68. The van der Waals surface area contributed by atoms with Crippen LogP contribution in [0.1, 0.15) is 32.3 Å². The fraction of sp³-hybridized carbons (Fsp3) is 0.562. The maximum Gasteiger partial charge on any atom is 0.191 e. The molecule has 0 spiro atoms. The molecular formula is C16H26IN3O. The topological polar surface area (TPSA) is 45.7 Å². The average molecular weight is 403 g/mol. The van der Waals surface area contributed by atoms with Crippen LogP contribution in [0.15, 0.2) is 29.3 Å². The van der Waals surface area contributed by atoms with E-state index in [4.69, 9.17) is 4.74 Å². The quantitative estimate of drug-likeness (QED) is 0.418. The highest BCUT2D eigenvalue weighted by atomic mass is 127.